The highest BCUT2D eigenvalue weighted by molar-refractivity contribution is 7.98. The fourth-order valence-corrected chi connectivity index (χ4v) is 5.21. The smallest absolute Gasteiger partial charge is 0.253 e. The van der Waals surface area contributed by atoms with Gasteiger partial charge >= 0.3 is 0 Å². The highest BCUT2D eigenvalue weighted by atomic mass is 32.2. The maximum absolute atomic E-state index is 12.8. The van der Waals surface area contributed by atoms with Crippen LogP contribution < -0.4 is 4.31 Å². The summed E-state index contributed by atoms with van der Waals surface area (Å²) in [6.07, 6.45) is 3.86. The molecule has 1 amide bonds. The first kappa shape index (κ1) is 19.8. The van der Waals surface area contributed by atoms with Crippen LogP contribution in [0.4, 0.5) is 5.69 Å². The van der Waals surface area contributed by atoms with Crippen LogP contribution in [0.25, 0.3) is 0 Å². The molecule has 3 rings (SSSR count). The number of sulfonamides is 1. The lowest BCUT2D eigenvalue weighted by Gasteiger charge is -2.22. The number of nitrogens with zero attached hydrogens (tertiary/aromatic N) is 2. The maximum Gasteiger partial charge on any atom is 0.253 e. The van der Waals surface area contributed by atoms with Gasteiger partial charge in [0.15, 0.2) is 0 Å². The van der Waals surface area contributed by atoms with Crippen molar-refractivity contribution in [2.24, 2.45) is 0 Å². The third-order valence-corrected chi connectivity index (χ3v) is 6.78. The van der Waals surface area contributed by atoms with Crippen LogP contribution in [-0.2, 0) is 23.0 Å². The van der Waals surface area contributed by atoms with Gasteiger partial charge < -0.3 is 4.90 Å². The first-order valence-corrected chi connectivity index (χ1v) is 11.8. The molecule has 1 unspecified atom stereocenters. The lowest BCUT2D eigenvalue weighted by molar-refractivity contribution is 0.0785. The minimum Gasteiger partial charge on any atom is -0.337 e. The molecule has 0 fully saturated rings. The van der Waals surface area contributed by atoms with Crippen molar-refractivity contribution in [2.45, 2.75) is 30.8 Å². The van der Waals surface area contributed by atoms with Crippen molar-refractivity contribution in [3.05, 3.63) is 59.2 Å². The molecule has 5 nitrogen and oxygen atoms in total. The van der Waals surface area contributed by atoms with E-state index in [0.717, 1.165) is 11.1 Å². The van der Waals surface area contributed by atoms with Gasteiger partial charge in [0, 0.05) is 30.1 Å². The van der Waals surface area contributed by atoms with E-state index < -0.39 is 10.0 Å². The summed E-state index contributed by atoms with van der Waals surface area (Å²) >= 11 is 1.69. The average Bonchev–Trinajstić information content (AvgIpc) is 2.96. The van der Waals surface area contributed by atoms with Gasteiger partial charge in [-0.3, -0.25) is 9.10 Å². The van der Waals surface area contributed by atoms with E-state index in [2.05, 4.69) is 12.1 Å². The molecular weight excluding hydrogens is 380 g/mol. The molecule has 27 heavy (non-hydrogen) atoms. The minimum atomic E-state index is -3.32. The average molecular weight is 405 g/mol. The molecule has 0 aliphatic carbocycles. The Bertz CT molecular complexity index is 956. The third-order valence-electron chi connectivity index (χ3n) is 4.76. The number of anilines is 1. The van der Waals surface area contributed by atoms with Gasteiger partial charge in [-0.25, -0.2) is 8.42 Å². The molecule has 0 spiro atoms. The van der Waals surface area contributed by atoms with Crippen LogP contribution >= 0.6 is 11.8 Å². The predicted molar refractivity (Wildman–Crippen MR) is 111 cm³/mol. The van der Waals surface area contributed by atoms with Crippen LogP contribution in [-0.4, -0.2) is 44.8 Å². The topological polar surface area (TPSA) is 57.7 Å². The summed E-state index contributed by atoms with van der Waals surface area (Å²) in [4.78, 5) is 15.7. The first-order chi connectivity index (χ1) is 12.7. The number of amides is 1. The van der Waals surface area contributed by atoms with Gasteiger partial charge in [0.1, 0.15) is 0 Å². The maximum atomic E-state index is 12.8. The van der Waals surface area contributed by atoms with Gasteiger partial charge in [-0.15, -0.1) is 11.8 Å². The Morgan fingerprint density at radius 2 is 1.89 bits per heavy atom. The van der Waals surface area contributed by atoms with E-state index in [1.165, 1.54) is 15.5 Å². The van der Waals surface area contributed by atoms with Crippen molar-refractivity contribution in [3.8, 4) is 0 Å². The SMILES string of the molecule is CSc1ccc(CN(C)C(=O)c2ccc3c(c2)CC(C)N3S(C)(=O)=O)cc1. The highest BCUT2D eigenvalue weighted by Crippen LogP contribution is 2.34. The molecule has 0 aromatic heterocycles. The largest absolute Gasteiger partial charge is 0.337 e. The number of hydrogen-bond acceptors (Lipinski definition) is 4. The summed E-state index contributed by atoms with van der Waals surface area (Å²) in [7, 11) is -1.54. The summed E-state index contributed by atoms with van der Waals surface area (Å²) in [5, 5.41) is 0. The summed E-state index contributed by atoms with van der Waals surface area (Å²) in [5.74, 6) is -0.0720. The van der Waals surface area contributed by atoms with E-state index in [0.29, 0.717) is 24.2 Å². The van der Waals surface area contributed by atoms with Gasteiger partial charge in [0.2, 0.25) is 10.0 Å². The number of fused-ring (bicyclic) bond motifs is 1. The summed E-state index contributed by atoms with van der Waals surface area (Å²) in [5.41, 5.74) is 3.23. The quantitative estimate of drug-likeness (QED) is 0.717. The van der Waals surface area contributed by atoms with E-state index in [4.69, 9.17) is 0 Å². The van der Waals surface area contributed by atoms with Gasteiger partial charge in [-0.2, -0.15) is 0 Å². The number of thioether (sulfide) groups is 1. The van der Waals surface area contributed by atoms with E-state index in [1.54, 1.807) is 35.8 Å². The Kier molecular flexibility index (Phi) is 5.53. The fourth-order valence-electron chi connectivity index (χ4n) is 3.54. The van der Waals surface area contributed by atoms with Crippen LogP contribution in [0.5, 0.6) is 0 Å². The van der Waals surface area contributed by atoms with E-state index in [9.17, 15) is 13.2 Å². The standard InChI is InChI=1S/C20H24N2O3S2/c1-14-11-17-12-16(7-10-19(17)22(14)27(4,24)25)20(23)21(2)13-15-5-8-18(26-3)9-6-15/h5-10,12,14H,11,13H2,1-4H3. The highest BCUT2D eigenvalue weighted by Gasteiger charge is 2.33. The van der Waals surface area contributed by atoms with E-state index in [1.807, 2.05) is 31.4 Å². The zero-order valence-corrected chi connectivity index (χ0v) is 17.6. The van der Waals surface area contributed by atoms with Crippen LogP contribution in [0, 0.1) is 0 Å². The summed E-state index contributed by atoms with van der Waals surface area (Å²) < 4.78 is 25.5. The second kappa shape index (κ2) is 7.56. The molecule has 0 N–H and O–H groups in total. The zero-order valence-electron chi connectivity index (χ0n) is 16.0. The summed E-state index contributed by atoms with van der Waals surface area (Å²) in [6, 6.07) is 13.3. The van der Waals surface area contributed by atoms with Crippen molar-refractivity contribution in [1.29, 1.82) is 0 Å². The Morgan fingerprint density at radius 1 is 1.22 bits per heavy atom. The summed E-state index contributed by atoms with van der Waals surface area (Å²) in [6.45, 7) is 2.41. The van der Waals surface area contributed by atoms with Gasteiger partial charge in [0.05, 0.1) is 11.9 Å². The van der Waals surface area contributed by atoms with E-state index >= 15 is 0 Å². The van der Waals surface area contributed by atoms with Crippen LogP contribution in [0.1, 0.15) is 28.4 Å². The Labute approximate surface area is 165 Å². The molecule has 144 valence electrons. The van der Waals surface area contributed by atoms with Gasteiger partial charge in [-0.05, 0) is 61.1 Å². The lowest BCUT2D eigenvalue weighted by atomic mass is 10.1. The molecule has 2 aromatic carbocycles. The molecule has 2 aromatic rings. The van der Waals surface area contributed by atoms with Crippen molar-refractivity contribution in [2.75, 3.05) is 23.9 Å². The van der Waals surface area contributed by atoms with Crippen molar-refractivity contribution < 1.29 is 13.2 Å². The molecule has 1 aliphatic rings. The van der Waals surface area contributed by atoms with E-state index in [-0.39, 0.29) is 11.9 Å². The molecule has 0 bridgehead atoms. The lowest BCUT2D eigenvalue weighted by Crippen LogP contribution is -2.34. The molecule has 1 atom stereocenters. The Morgan fingerprint density at radius 3 is 2.48 bits per heavy atom. The molecule has 1 aliphatic heterocycles. The van der Waals surface area contributed by atoms with Crippen molar-refractivity contribution in [3.63, 3.8) is 0 Å². The molecule has 0 radical (unpaired) electrons. The Balaban J connectivity index is 1.78. The number of rotatable bonds is 5. The van der Waals surface area contributed by atoms with Crippen LogP contribution in [0.2, 0.25) is 0 Å². The van der Waals surface area contributed by atoms with Crippen LogP contribution in [0.15, 0.2) is 47.4 Å². The number of benzene rings is 2. The number of hydrogen-bond donors (Lipinski definition) is 0. The molecule has 0 saturated carbocycles. The Hall–Kier alpha value is -1.99. The van der Waals surface area contributed by atoms with Crippen molar-refractivity contribution >= 4 is 33.4 Å². The predicted octanol–water partition coefficient (Wildman–Crippen LogP) is 3.39. The second-order valence-electron chi connectivity index (χ2n) is 6.96. The van der Waals surface area contributed by atoms with Crippen LogP contribution in [0.3, 0.4) is 0 Å². The second-order valence-corrected chi connectivity index (χ2v) is 9.70. The number of carbonyl (C=O) groups is 1. The van der Waals surface area contributed by atoms with Gasteiger partial charge in [-0.1, -0.05) is 12.1 Å². The minimum absolute atomic E-state index is 0.0720. The fraction of sp³-hybridized carbons (Fsp3) is 0.350. The molecular formula is C20H24N2O3S2. The number of carbonyl (C=O) groups excluding carboxylic acids is 1. The monoisotopic (exact) mass is 404 g/mol. The third kappa shape index (κ3) is 4.14. The zero-order chi connectivity index (χ0) is 19.8. The first-order valence-electron chi connectivity index (χ1n) is 8.71. The molecule has 0 saturated heterocycles. The normalized spacial score (nSPS) is 16.3. The van der Waals surface area contributed by atoms with Crippen molar-refractivity contribution in [1.82, 2.24) is 4.90 Å². The molecule has 7 heteroatoms. The van der Waals surface area contributed by atoms with Gasteiger partial charge in [0.25, 0.3) is 5.91 Å². The molecule has 1 heterocycles.